The van der Waals surface area contributed by atoms with Crippen LogP contribution < -0.4 is 5.73 Å². The summed E-state index contributed by atoms with van der Waals surface area (Å²) >= 11 is 0. The highest BCUT2D eigenvalue weighted by atomic mass is 19.1. The van der Waals surface area contributed by atoms with Gasteiger partial charge in [0.05, 0.1) is 12.7 Å². The van der Waals surface area contributed by atoms with Crippen LogP contribution in [-0.4, -0.2) is 37.2 Å². The smallest absolute Gasteiger partial charge is 0.123 e. The third-order valence-electron chi connectivity index (χ3n) is 3.88. The van der Waals surface area contributed by atoms with E-state index < -0.39 is 0 Å². The molecule has 0 aliphatic carbocycles. The summed E-state index contributed by atoms with van der Waals surface area (Å²) in [5.41, 5.74) is 8.05. The van der Waals surface area contributed by atoms with E-state index in [1.807, 2.05) is 13.0 Å². The van der Waals surface area contributed by atoms with Crippen LogP contribution in [0.1, 0.15) is 30.5 Å². The van der Waals surface area contributed by atoms with Crippen LogP contribution in [0, 0.1) is 12.7 Å². The van der Waals surface area contributed by atoms with Crippen LogP contribution in [0.25, 0.3) is 0 Å². The molecule has 1 heterocycles. The molecular formula is C15H23FN2O. The number of hydrogen-bond acceptors (Lipinski definition) is 3. The van der Waals surface area contributed by atoms with E-state index in [1.54, 1.807) is 6.07 Å². The van der Waals surface area contributed by atoms with Gasteiger partial charge in [0.25, 0.3) is 0 Å². The van der Waals surface area contributed by atoms with E-state index in [4.69, 9.17) is 10.5 Å². The lowest BCUT2D eigenvalue weighted by molar-refractivity contribution is -0.0438. The normalized spacial score (nSPS) is 22.4. The van der Waals surface area contributed by atoms with Gasteiger partial charge in [0.1, 0.15) is 5.82 Å². The second kappa shape index (κ2) is 6.46. The molecule has 1 aromatic rings. The predicted molar refractivity (Wildman–Crippen MR) is 74.5 cm³/mol. The summed E-state index contributed by atoms with van der Waals surface area (Å²) in [7, 11) is 0. The largest absolute Gasteiger partial charge is 0.376 e. The van der Waals surface area contributed by atoms with Gasteiger partial charge in [-0.1, -0.05) is 13.0 Å². The average molecular weight is 266 g/mol. The number of nitrogens with two attached hydrogens (primary N) is 1. The minimum absolute atomic E-state index is 0.151. The van der Waals surface area contributed by atoms with Crippen molar-refractivity contribution in [3.05, 3.63) is 35.1 Å². The molecule has 3 nitrogen and oxygen atoms in total. The number of rotatable bonds is 4. The molecule has 19 heavy (non-hydrogen) atoms. The molecule has 0 saturated carbocycles. The van der Waals surface area contributed by atoms with E-state index in [1.165, 1.54) is 6.07 Å². The lowest BCUT2D eigenvalue weighted by atomic mass is 9.98. The van der Waals surface area contributed by atoms with Crippen molar-refractivity contribution in [2.75, 3.05) is 26.2 Å². The fourth-order valence-electron chi connectivity index (χ4n) is 2.76. The van der Waals surface area contributed by atoms with Gasteiger partial charge in [0.15, 0.2) is 0 Å². The van der Waals surface area contributed by atoms with Crippen molar-refractivity contribution in [2.24, 2.45) is 5.73 Å². The Morgan fingerprint density at radius 2 is 2.32 bits per heavy atom. The van der Waals surface area contributed by atoms with Crippen LogP contribution in [0.2, 0.25) is 0 Å². The standard InChI is InChI=1S/C15H23FN2O/c1-3-13-10-18(6-7-19-13)15(9-17)14-5-4-12(16)8-11(14)2/h4-5,8,13,15H,3,6-7,9-10,17H2,1-2H3. The lowest BCUT2D eigenvalue weighted by Gasteiger charge is -2.38. The predicted octanol–water partition coefficient (Wildman–Crippen LogP) is 2.24. The van der Waals surface area contributed by atoms with E-state index in [0.717, 1.165) is 37.2 Å². The maximum atomic E-state index is 13.2. The van der Waals surface area contributed by atoms with Crippen molar-refractivity contribution in [3.8, 4) is 0 Å². The third-order valence-corrected chi connectivity index (χ3v) is 3.88. The van der Waals surface area contributed by atoms with Crippen molar-refractivity contribution in [1.29, 1.82) is 0 Å². The molecule has 0 aromatic heterocycles. The Balaban J connectivity index is 2.19. The van der Waals surface area contributed by atoms with Crippen molar-refractivity contribution in [3.63, 3.8) is 0 Å². The fourth-order valence-corrected chi connectivity index (χ4v) is 2.76. The molecule has 1 aliphatic rings. The molecular weight excluding hydrogens is 243 g/mol. The monoisotopic (exact) mass is 266 g/mol. The van der Waals surface area contributed by atoms with Gasteiger partial charge in [-0.3, -0.25) is 4.90 Å². The fraction of sp³-hybridized carbons (Fsp3) is 0.600. The van der Waals surface area contributed by atoms with Crippen LogP contribution in [0.15, 0.2) is 18.2 Å². The van der Waals surface area contributed by atoms with E-state index >= 15 is 0 Å². The second-order valence-electron chi connectivity index (χ2n) is 5.15. The van der Waals surface area contributed by atoms with Crippen molar-refractivity contribution >= 4 is 0 Å². The van der Waals surface area contributed by atoms with Gasteiger partial charge in [0, 0.05) is 25.7 Å². The lowest BCUT2D eigenvalue weighted by Crippen LogP contribution is -2.46. The summed E-state index contributed by atoms with van der Waals surface area (Å²) in [4.78, 5) is 2.36. The molecule has 106 valence electrons. The maximum Gasteiger partial charge on any atom is 0.123 e. The highest BCUT2D eigenvalue weighted by Gasteiger charge is 2.26. The molecule has 0 radical (unpaired) electrons. The van der Waals surface area contributed by atoms with Gasteiger partial charge < -0.3 is 10.5 Å². The summed E-state index contributed by atoms with van der Waals surface area (Å²) in [6.45, 7) is 7.15. The Hall–Kier alpha value is -0.970. The minimum atomic E-state index is -0.189. The SMILES string of the molecule is CCC1CN(C(CN)c2ccc(F)cc2C)CCO1. The number of ether oxygens (including phenoxy) is 1. The molecule has 0 spiro atoms. The number of benzene rings is 1. The molecule has 0 amide bonds. The van der Waals surface area contributed by atoms with Crippen LogP contribution in [0.3, 0.4) is 0 Å². The zero-order chi connectivity index (χ0) is 13.8. The molecule has 4 heteroatoms. The highest BCUT2D eigenvalue weighted by Crippen LogP contribution is 2.26. The van der Waals surface area contributed by atoms with Crippen LogP contribution in [-0.2, 0) is 4.74 Å². The van der Waals surface area contributed by atoms with Gasteiger partial charge in [-0.25, -0.2) is 4.39 Å². The van der Waals surface area contributed by atoms with E-state index in [0.29, 0.717) is 6.54 Å². The maximum absolute atomic E-state index is 13.2. The number of morpholine rings is 1. The van der Waals surface area contributed by atoms with Crippen molar-refractivity contribution in [1.82, 2.24) is 4.90 Å². The number of aryl methyl sites for hydroxylation is 1. The van der Waals surface area contributed by atoms with Crippen molar-refractivity contribution in [2.45, 2.75) is 32.4 Å². The summed E-state index contributed by atoms with van der Waals surface area (Å²) in [5, 5.41) is 0. The van der Waals surface area contributed by atoms with Gasteiger partial charge >= 0.3 is 0 Å². The molecule has 2 rings (SSSR count). The Bertz CT molecular complexity index is 425. The summed E-state index contributed by atoms with van der Waals surface area (Å²) < 4.78 is 18.9. The van der Waals surface area contributed by atoms with E-state index in [-0.39, 0.29) is 18.0 Å². The quantitative estimate of drug-likeness (QED) is 0.908. The first-order chi connectivity index (χ1) is 9.15. The molecule has 0 bridgehead atoms. The number of hydrogen-bond donors (Lipinski definition) is 1. The summed E-state index contributed by atoms with van der Waals surface area (Å²) in [5.74, 6) is -0.189. The zero-order valence-electron chi connectivity index (χ0n) is 11.7. The molecule has 1 saturated heterocycles. The van der Waals surface area contributed by atoms with E-state index in [2.05, 4.69) is 11.8 Å². The molecule has 2 N–H and O–H groups in total. The van der Waals surface area contributed by atoms with Crippen molar-refractivity contribution < 1.29 is 9.13 Å². The van der Waals surface area contributed by atoms with E-state index in [9.17, 15) is 4.39 Å². The number of nitrogens with zero attached hydrogens (tertiary/aromatic N) is 1. The van der Waals surface area contributed by atoms with Gasteiger partial charge in [-0.05, 0) is 36.6 Å². The van der Waals surface area contributed by atoms with Gasteiger partial charge in [-0.15, -0.1) is 0 Å². The molecule has 2 atom stereocenters. The minimum Gasteiger partial charge on any atom is -0.376 e. The molecule has 1 fully saturated rings. The summed E-state index contributed by atoms with van der Waals surface area (Å²) in [6, 6.07) is 5.11. The molecule has 2 unspecified atom stereocenters. The third kappa shape index (κ3) is 3.32. The second-order valence-corrected chi connectivity index (χ2v) is 5.15. The van der Waals surface area contributed by atoms with Gasteiger partial charge in [-0.2, -0.15) is 0 Å². The Kier molecular flexibility index (Phi) is 4.91. The highest BCUT2D eigenvalue weighted by molar-refractivity contribution is 5.30. The first-order valence-corrected chi connectivity index (χ1v) is 6.97. The first-order valence-electron chi connectivity index (χ1n) is 6.97. The van der Waals surface area contributed by atoms with Crippen LogP contribution in [0.4, 0.5) is 4.39 Å². The van der Waals surface area contributed by atoms with Gasteiger partial charge in [0.2, 0.25) is 0 Å². The van der Waals surface area contributed by atoms with Crippen LogP contribution >= 0.6 is 0 Å². The first kappa shape index (κ1) is 14.4. The Labute approximate surface area is 114 Å². The Morgan fingerprint density at radius 1 is 1.53 bits per heavy atom. The zero-order valence-corrected chi connectivity index (χ0v) is 11.7. The Morgan fingerprint density at radius 3 is 2.95 bits per heavy atom. The number of halogens is 1. The average Bonchev–Trinajstić information content (AvgIpc) is 2.42. The molecule has 1 aromatic carbocycles. The topological polar surface area (TPSA) is 38.5 Å². The molecule has 1 aliphatic heterocycles. The van der Waals surface area contributed by atoms with Crippen LogP contribution in [0.5, 0.6) is 0 Å². The summed E-state index contributed by atoms with van der Waals surface area (Å²) in [6.07, 6.45) is 1.29.